The lowest BCUT2D eigenvalue weighted by Crippen LogP contribution is -2.40. The lowest BCUT2D eigenvalue weighted by atomic mass is 9.84. The van der Waals surface area contributed by atoms with Crippen molar-refractivity contribution in [3.63, 3.8) is 0 Å². The van der Waals surface area contributed by atoms with Crippen LogP contribution in [0.2, 0.25) is 0 Å². The minimum absolute atomic E-state index is 0.00629. The van der Waals surface area contributed by atoms with Gasteiger partial charge in [-0.05, 0) is 87.6 Å². The summed E-state index contributed by atoms with van der Waals surface area (Å²) >= 11 is 3.57. The monoisotopic (exact) mass is 476 g/mol. The molecule has 2 fully saturated rings. The zero-order valence-corrected chi connectivity index (χ0v) is 20.0. The highest BCUT2D eigenvalue weighted by molar-refractivity contribution is 9.10. The molecule has 1 aromatic heterocycles. The smallest absolute Gasteiger partial charge is 0.252 e. The van der Waals surface area contributed by atoms with Crippen molar-refractivity contribution in [2.24, 2.45) is 17.8 Å². The molecule has 1 N–H and O–H groups in total. The van der Waals surface area contributed by atoms with Crippen molar-refractivity contribution in [2.45, 2.75) is 52.5 Å². The number of nitrogens with zero attached hydrogens (tertiary/aromatic N) is 1. The maximum atomic E-state index is 13.5. The predicted octanol–water partition coefficient (Wildman–Crippen LogP) is 6.84. The Morgan fingerprint density at radius 3 is 2.65 bits per heavy atom. The average molecular weight is 477 g/mol. The molecule has 31 heavy (non-hydrogen) atoms. The number of pyridine rings is 1. The van der Waals surface area contributed by atoms with Crippen LogP contribution in [0.1, 0.15) is 54.1 Å². The molecule has 2 aliphatic carbocycles. The van der Waals surface area contributed by atoms with Crippen LogP contribution < -0.4 is 5.32 Å². The number of fused-ring (bicyclic) bond motifs is 3. The first-order valence-corrected chi connectivity index (χ1v) is 12.2. The van der Waals surface area contributed by atoms with E-state index in [0.717, 1.165) is 38.5 Å². The second-order valence-electron chi connectivity index (χ2n) is 9.64. The van der Waals surface area contributed by atoms with Crippen molar-refractivity contribution < 1.29 is 4.79 Å². The highest BCUT2D eigenvalue weighted by atomic mass is 79.9. The summed E-state index contributed by atoms with van der Waals surface area (Å²) in [5.41, 5.74) is 5.87. The molecule has 2 aliphatic rings. The number of aryl methyl sites for hydroxylation is 2. The predicted molar refractivity (Wildman–Crippen MR) is 130 cm³/mol. The fourth-order valence-corrected chi connectivity index (χ4v) is 6.28. The number of benzene rings is 2. The quantitative estimate of drug-likeness (QED) is 0.447. The fourth-order valence-electron chi connectivity index (χ4n) is 5.92. The van der Waals surface area contributed by atoms with Crippen LogP contribution in [0.3, 0.4) is 0 Å². The molecule has 3 nitrogen and oxygen atoms in total. The number of amides is 1. The van der Waals surface area contributed by atoms with Gasteiger partial charge in [-0.3, -0.25) is 4.79 Å². The molecule has 0 spiro atoms. The van der Waals surface area contributed by atoms with Crippen molar-refractivity contribution in [1.29, 1.82) is 0 Å². The van der Waals surface area contributed by atoms with Crippen molar-refractivity contribution in [1.82, 2.24) is 10.3 Å². The first kappa shape index (κ1) is 20.7. The summed E-state index contributed by atoms with van der Waals surface area (Å²) in [5, 5.41) is 4.24. The zero-order chi connectivity index (χ0) is 21.7. The van der Waals surface area contributed by atoms with E-state index in [4.69, 9.17) is 4.98 Å². The summed E-state index contributed by atoms with van der Waals surface area (Å²) in [6.45, 7) is 6.39. The van der Waals surface area contributed by atoms with Crippen molar-refractivity contribution in [2.75, 3.05) is 0 Å². The molecular weight excluding hydrogens is 448 g/mol. The number of hydrogen-bond acceptors (Lipinski definition) is 2. The van der Waals surface area contributed by atoms with Crippen molar-refractivity contribution in [3.8, 4) is 11.3 Å². The maximum absolute atomic E-state index is 13.5. The molecule has 0 radical (unpaired) electrons. The number of aromatic nitrogens is 1. The normalized spacial score (nSPS) is 23.3. The number of rotatable bonds is 4. The Kier molecular flexibility index (Phi) is 5.37. The summed E-state index contributed by atoms with van der Waals surface area (Å²) in [6, 6.07) is 14.5. The van der Waals surface area contributed by atoms with Gasteiger partial charge in [-0.25, -0.2) is 4.98 Å². The van der Waals surface area contributed by atoms with Gasteiger partial charge in [0.15, 0.2) is 0 Å². The molecule has 5 rings (SSSR count). The summed E-state index contributed by atoms with van der Waals surface area (Å²) < 4.78 is 0.955. The molecule has 0 saturated heterocycles. The number of nitrogens with one attached hydrogen (secondary N) is 1. The second kappa shape index (κ2) is 8.05. The van der Waals surface area contributed by atoms with Crippen LogP contribution in [0.5, 0.6) is 0 Å². The van der Waals surface area contributed by atoms with E-state index in [1.165, 1.54) is 36.8 Å². The molecule has 4 heteroatoms. The Hall–Kier alpha value is -2.20. The van der Waals surface area contributed by atoms with Crippen molar-refractivity contribution in [3.05, 3.63) is 63.6 Å². The van der Waals surface area contributed by atoms with Gasteiger partial charge in [0, 0.05) is 21.5 Å². The topological polar surface area (TPSA) is 42.0 Å². The van der Waals surface area contributed by atoms with E-state index in [9.17, 15) is 4.79 Å². The van der Waals surface area contributed by atoms with E-state index in [0.29, 0.717) is 11.5 Å². The molecule has 1 heterocycles. The first-order chi connectivity index (χ1) is 14.9. The fraction of sp³-hybridized carbons (Fsp3) is 0.407. The van der Waals surface area contributed by atoms with E-state index in [2.05, 4.69) is 60.2 Å². The van der Waals surface area contributed by atoms with Gasteiger partial charge < -0.3 is 5.32 Å². The number of hydrogen-bond donors (Lipinski definition) is 1. The van der Waals surface area contributed by atoms with Crippen LogP contribution in [-0.4, -0.2) is 16.9 Å². The lowest BCUT2D eigenvalue weighted by molar-refractivity contribution is 0.0917. The van der Waals surface area contributed by atoms with E-state index in [1.54, 1.807) is 0 Å². The molecule has 2 saturated carbocycles. The number of carbonyl (C=O) groups excluding carboxylic acids is 1. The Balaban J connectivity index is 1.53. The van der Waals surface area contributed by atoms with Crippen LogP contribution in [0.15, 0.2) is 46.9 Å². The number of halogens is 1. The molecule has 0 unspecified atom stereocenters. The molecule has 4 atom stereocenters. The van der Waals surface area contributed by atoms with E-state index < -0.39 is 0 Å². The third-order valence-corrected chi connectivity index (χ3v) is 7.96. The first-order valence-electron chi connectivity index (χ1n) is 11.4. The largest absolute Gasteiger partial charge is 0.349 e. The van der Waals surface area contributed by atoms with Gasteiger partial charge in [0.2, 0.25) is 0 Å². The van der Waals surface area contributed by atoms with E-state index in [1.807, 2.05) is 24.3 Å². The summed E-state index contributed by atoms with van der Waals surface area (Å²) in [5.74, 6) is 2.28. The van der Waals surface area contributed by atoms with Gasteiger partial charge in [0.1, 0.15) is 0 Å². The lowest BCUT2D eigenvalue weighted by Gasteiger charge is -2.28. The Bertz CT molecular complexity index is 1170. The van der Waals surface area contributed by atoms with Gasteiger partial charge in [-0.15, -0.1) is 0 Å². The SMILES string of the molecule is Cc1ccc(-c2cc(C(=O)N[C@@H](C)[C@@H]3C[C@H]4CC[C@H]3C4)c3cc(Br)ccc3n2)c(C)c1. The van der Waals surface area contributed by atoms with Crippen LogP contribution >= 0.6 is 15.9 Å². The Labute approximate surface area is 192 Å². The zero-order valence-electron chi connectivity index (χ0n) is 18.4. The van der Waals surface area contributed by atoms with Gasteiger partial charge in [-0.1, -0.05) is 46.1 Å². The standard InChI is InChI=1S/C27H29BrN2O/c1-15-4-8-21(16(2)10-15)26-14-24(23-13-20(28)7-9-25(23)30-26)27(31)29-17(3)22-12-18-5-6-19(22)11-18/h4,7-10,13-14,17-19,22H,5-6,11-12H2,1-3H3,(H,29,31)/t17-,18-,19-,22-/m0/s1. The average Bonchev–Trinajstić information content (AvgIpc) is 3.37. The highest BCUT2D eigenvalue weighted by Gasteiger charge is 2.42. The van der Waals surface area contributed by atoms with Gasteiger partial charge in [-0.2, -0.15) is 0 Å². The molecule has 1 amide bonds. The van der Waals surface area contributed by atoms with Crippen LogP contribution in [0, 0.1) is 31.6 Å². The second-order valence-corrected chi connectivity index (χ2v) is 10.6. The summed E-state index contributed by atoms with van der Waals surface area (Å²) in [4.78, 5) is 18.4. The minimum Gasteiger partial charge on any atom is -0.349 e. The summed E-state index contributed by atoms with van der Waals surface area (Å²) in [6.07, 6.45) is 5.33. The minimum atomic E-state index is 0.00629. The Morgan fingerprint density at radius 2 is 1.94 bits per heavy atom. The molecular formula is C27H29BrN2O. The van der Waals surface area contributed by atoms with Crippen molar-refractivity contribution >= 4 is 32.7 Å². The maximum Gasteiger partial charge on any atom is 0.252 e. The van der Waals surface area contributed by atoms with E-state index in [-0.39, 0.29) is 11.9 Å². The van der Waals surface area contributed by atoms with Crippen LogP contribution in [-0.2, 0) is 0 Å². The van der Waals surface area contributed by atoms with Crippen LogP contribution in [0.4, 0.5) is 0 Å². The van der Waals surface area contributed by atoms with Gasteiger partial charge in [0.25, 0.3) is 5.91 Å². The number of carbonyl (C=O) groups is 1. The highest BCUT2D eigenvalue weighted by Crippen LogP contribution is 2.49. The van der Waals surface area contributed by atoms with E-state index >= 15 is 0 Å². The molecule has 2 bridgehead atoms. The van der Waals surface area contributed by atoms with Crippen LogP contribution in [0.25, 0.3) is 22.2 Å². The summed E-state index contributed by atoms with van der Waals surface area (Å²) in [7, 11) is 0. The third kappa shape index (κ3) is 3.91. The molecule has 0 aliphatic heterocycles. The van der Waals surface area contributed by atoms with Gasteiger partial charge >= 0.3 is 0 Å². The molecule has 2 aromatic carbocycles. The molecule has 160 valence electrons. The third-order valence-electron chi connectivity index (χ3n) is 7.47. The van der Waals surface area contributed by atoms with Gasteiger partial charge in [0.05, 0.1) is 16.8 Å². The Morgan fingerprint density at radius 1 is 1.10 bits per heavy atom. The molecule has 3 aromatic rings.